The molecule has 0 spiro atoms. The Balaban J connectivity index is 0.773. The van der Waals surface area contributed by atoms with Crippen LogP contribution in [0.5, 0.6) is 5.75 Å². The fourth-order valence-corrected chi connectivity index (χ4v) is 12.3. The molecule has 3 aliphatic heterocycles. The van der Waals surface area contributed by atoms with Crippen LogP contribution in [0, 0.1) is 12.8 Å². The zero-order valence-corrected chi connectivity index (χ0v) is 42.3. The molecule has 4 fully saturated rings. The molecule has 0 radical (unpaired) electrons. The number of hydrogen-bond donors (Lipinski definition) is 3. The highest BCUT2D eigenvalue weighted by Gasteiger charge is 2.40. The molecule has 1 aliphatic carbocycles. The minimum absolute atomic E-state index is 0.0552. The molecule has 1 atom stereocenters. The van der Waals surface area contributed by atoms with Crippen molar-refractivity contribution in [2.45, 2.75) is 76.8 Å². The minimum Gasteiger partial charge on any atom is -0.494 e. The number of piperazine rings is 1. The average molecular weight is 1010 g/mol. The maximum absolute atomic E-state index is 13.7. The largest absolute Gasteiger partial charge is 0.494 e. The van der Waals surface area contributed by atoms with Gasteiger partial charge in [0.05, 0.1) is 34.4 Å². The molecule has 4 aliphatic rings. The van der Waals surface area contributed by atoms with Crippen LogP contribution in [0.25, 0.3) is 10.9 Å². The van der Waals surface area contributed by atoms with Crippen molar-refractivity contribution in [2.75, 3.05) is 87.2 Å². The number of nitrogens with one attached hydrogen (secondary N) is 3. The van der Waals surface area contributed by atoms with Gasteiger partial charge in [-0.2, -0.15) is 4.98 Å². The predicted molar refractivity (Wildman–Crippen MR) is 274 cm³/mol. The van der Waals surface area contributed by atoms with Crippen molar-refractivity contribution in [1.82, 2.24) is 30.1 Å². The van der Waals surface area contributed by atoms with Gasteiger partial charge in [0, 0.05) is 111 Å². The van der Waals surface area contributed by atoms with Gasteiger partial charge in [0.1, 0.15) is 18.7 Å². The summed E-state index contributed by atoms with van der Waals surface area (Å²) >= 11 is 3.62. The van der Waals surface area contributed by atoms with Crippen LogP contribution in [0.15, 0.2) is 71.3 Å². The molecule has 3 aromatic carbocycles. The number of piperidine rings is 2. The number of ether oxygens (including phenoxy) is 1. The van der Waals surface area contributed by atoms with Crippen LogP contribution < -0.4 is 35.8 Å². The molecule has 2 aromatic heterocycles. The van der Waals surface area contributed by atoms with Gasteiger partial charge in [0.2, 0.25) is 23.7 Å². The van der Waals surface area contributed by atoms with Crippen molar-refractivity contribution >= 4 is 91.5 Å². The maximum atomic E-state index is 13.7. The number of aryl methyl sites for hydroxylation is 2. The van der Waals surface area contributed by atoms with E-state index in [0.29, 0.717) is 52.6 Å². The average Bonchev–Trinajstić information content (AvgIpc) is 3.31. The lowest BCUT2D eigenvalue weighted by Crippen LogP contribution is -2.57. The van der Waals surface area contributed by atoms with Gasteiger partial charge in [-0.1, -0.05) is 25.1 Å². The Hall–Kier alpha value is -5.57. The summed E-state index contributed by atoms with van der Waals surface area (Å²) in [5, 5.41) is 10.9. The number of amides is 3. The summed E-state index contributed by atoms with van der Waals surface area (Å²) in [4.78, 5) is 61.1. The van der Waals surface area contributed by atoms with Crippen LogP contribution in [-0.2, 0) is 25.4 Å². The number of carbonyl (C=O) groups excluding carboxylic acids is 3. The lowest BCUT2D eigenvalue weighted by molar-refractivity contribution is -0.141. The molecular formula is C51H62BrN10O5P. The number of aromatic nitrogens is 3. The van der Waals surface area contributed by atoms with Crippen molar-refractivity contribution in [2.24, 2.45) is 5.92 Å². The Bertz CT molecular complexity index is 2760. The van der Waals surface area contributed by atoms with E-state index in [2.05, 4.69) is 87.6 Å². The van der Waals surface area contributed by atoms with E-state index < -0.39 is 7.14 Å². The fourth-order valence-electron chi connectivity index (χ4n) is 10.5. The smallest absolute Gasteiger partial charge is 0.234 e. The lowest BCUT2D eigenvalue weighted by Gasteiger charge is -2.46. The summed E-state index contributed by atoms with van der Waals surface area (Å²) in [6, 6.07) is 20.9. The highest BCUT2D eigenvalue weighted by molar-refractivity contribution is 9.10. The molecule has 3 saturated heterocycles. The van der Waals surface area contributed by atoms with Crippen LogP contribution in [0.2, 0.25) is 0 Å². The molecule has 5 heterocycles. The normalized spacial score (nSPS) is 20.5. The number of nitrogens with zero attached hydrogens (tertiary/aromatic N) is 7. The summed E-state index contributed by atoms with van der Waals surface area (Å²) in [5.74, 6) is 1.25. The number of hydrogen-bond acceptors (Lipinski definition) is 13. The first-order valence-corrected chi connectivity index (χ1v) is 27.2. The van der Waals surface area contributed by atoms with Crippen molar-refractivity contribution < 1.29 is 23.7 Å². The van der Waals surface area contributed by atoms with E-state index in [-0.39, 0.29) is 29.6 Å². The van der Waals surface area contributed by atoms with Crippen molar-refractivity contribution in [3.05, 3.63) is 88.2 Å². The topological polar surface area (TPSA) is 165 Å². The highest BCUT2D eigenvalue weighted by Crippen LogP contribution is 2.43. The lowest BCUT2D eigenvalue weighted by atomic mass is 9.78. The summed E-state index contributed by atoms with van der Waals surface area (Å²) in [6.45, 7) is 12.9. The molecule has 9 rings (SSSR count). The van der Waals surface area contributed by atoms with Gasteiger partial charge >= 0.3 is 0 Å². The summed E-state index contributed by atoms with van der Waals surface area (Å²) in [6.07, 6.45) is 7.23. The maximum Gasteiger partial charge on any atom is 0.234 e. The third-order valence-electron chi connectivity index (χ3n) is 14.4. The number of anilines is 6. The number of pyridine rings is 1. The van der Waals surface area contributed by atoms with E-state index >= 15 is 0 Å². The molecule has 15 nitrogen and oxygen atoms in total. The first-order valence-electron chi connectivity index (χ1n) is 23.8. The van der Waals surface area contributed by atoms with Gasteiger partial charge < -0.3 is 34.6 Å². The minimum atomic E-state index is -2.73. The van der Waals surface area contributed by atoms with Gasteiger partial charge in [-0.25, -0.2) is 4.98 Å². The molecule has 358 valence electrons. The fraction of sp³-hybridized carbons (Fsp3) is 0.451. The van der Waals surface area contributed by atoms with Gasteiger partial charge in [0.25, 0.3) is 0 Å². The SMILES string of the molecule is CCc1cc(Nc2ncc(Br)c(Nc3ccc4nc(C)ccc4c3P(C)(C)=O)n2)c(OC)cc1N1CCC(N2CCN(C(=O)C3CC(N(C)c4ccc(C5CCC(=O)NC5=O)cc4)C3)CC2)CC1. The molecule has 3 amide bonds. The summed E-state index contributed by atoms with van der Waals surface area (Å²) in [5.41, 5.74) is 7.55. The molecule has 1 unspecified atom stereocenters. The monoisotopic (exact) mass is 1000 g/mol. The van der Waals surface area contributed by atoms with E-state index in [9.17, 15) is 18.9 Å². The van der Waals surface area contributed by atoms with E-state index in [1.165, 1.54) is 11.3 Å². The van der Waals surface area contributed by atoms with Crippen LogP contribution in [0.4, 0.5) is 34.5 Å². The van der Waals surface area contributed by atoms with Gasteiger partial charge in [-0.15, -0.1) is 0 Å². The Labute approximate surface area is 407 Å². The molecule has 3 N–H and O–H groups in total. The van der Waals surface area contributed by atoms with E-state index in [4.69, 9.17) is 9.72 Å². The van der Waals surface area contributed by atoms with Gasteiger partial charge in [-0.3, -0.25) is 29.6 Å². The Morgan fingerprint density at radius 2 is 1.66 bits per heavy atom. The number of methoxy groups -OCH3 is 1. The molecule has 17 heteroatoms. The molecule has 68 heavy (non-hydrogen) atoms. The van der Waals surface area contributed by atoms with Crippen molar-refractivity contribution in [3.63, 3.8) is 0 Å². The highest BCUT2D eigenvalue weighted by atomic mass is 79.9. The number of fused-ring (bicyclic) bond motifs is 1. The van der Waals surface area contributed by atoms with Gasteiger partial charge in [0.15, 0.2) is 0 Å². The third-order valence-corrected chi connectivity index (χ3v) is 16.6. The number of imide groups is 1. The number of benzene rings is 3. The van der Waals surface area contributed by atoms with E-state index in [0.717, 1.165) is 110 Å². The number of rotatable bonds is 13. The van der Waals surface area contributed by atoms with Gasteiger partial charge in [-0.05, 0) is 122 Å². The van der Waals surface area contributed by atoms with E-state index in [1.807, 2.05) is 55.5 Å². The first kappa shape index (κ1) is 47.5. The first-order chi connectivity index (χ1) is 32.7. The van der Waals surface area contributed by atoms with Crippen LogP contribution >= 0.6 is 23.1 Å². The Kier molecular flexibility index (Phi) is 13.8. The second-order valence-corrected chi connectivity index (χ2v) is 23.1. The second kappa shape index (κ2) is 19.8. The number of halogens is 1. The summed E-state index contributed by atoms with van der Waals surface area (Å²) in [7, 11) is 1.03. The summed E-state index contributed by atoms with van der Waals surface area (Å²) < 4.78 is 20.3. The molecule has 0 bridgehead atoms. The predicted octanol–water partition coefficient (Wildman–Crippen LogP) is 7.95. The Morgan fingerprint density at radius 3 is 2.34 bits per heavy atom. The molecule has 1 saturated carbocycles. The number of carbonyl (C=O) groups is 3. The van der Waals surface area contributed by atoms with Crippen molar-refractivity contribution in [3.8, 4) is 5.75 Å². The molecule has 5 aromatic rings. The van der Waals surface area contributed by atoms with Crippen LogP contribution in [0.1, 0.15) is 68.2 Å². The van der Waals surface area contributed by atoms with Crippen molar-refractivity contribution in [1.29, 1.82) is 0 Å². The Morgan fingerprint density at radius 1 is 0.926 bits per heavy atom. The molecular weight excluding hydrogens is 944 g/mol. The second-order valence-electron chi connectivity index (χ2n) is 19.1. The quantitative estimate of drug-likeness (QED) is 0.0770. The third kappa shape index (κ3) is 9.95. The zero-order chi connectivity index (χ0) is 47.9. The standard InChI is InChI=1S/C51H62BrN10O5P/c1-7-32-28-43(56-51-53-30-40(52)48(58-51)55-42-16-15-41-39(13-8-31(2)54-41)47(42)68(5,6)66)45(67-4)29-44(32)61-20-18-36(19-21-61)60-22-24-62(25-23-60)50(65)34-26-37(27-34)59(3)35-11-9-33(10-12-35)38-14-17-46(63)57-49(38)64/h8-13,15-16,28-30,34,36-38H,7,14,17-27H2,1-6H3,(H,57,63,64)(H2,53,55,56,58). The van der Waals surface area contributed by atoms with Crippen LogP contribution in [0.3, 0.4) is 0 Å². The van der Waals surface area contributed by atoms with E-state index in [1.54, 1.807) is 26.6 Å². The zero-order valence-electron chi connectivity index (χ0n) is 39.8. The van der Waals surface area contributed by atoms with Crippen LogP contribution in [-0.4, -0.2) is 121 Å².